The van der Waals surface area contributed by atoms with Crippen LogP contribution in [0.2, 0.25) is 0 Å². The standard InChI is InChI=1S/C17H9F5N6O3/c1-8-4-13(16(18,19)17(20,21)22)27-14(24-8)6-12(26-27)15(29)25-11-3-2-10(28(30)31)5-9(11)7-23/h2-6H,1H3,(H,25,29). The number of alkyl halides is 5. The summed E-state index contributed by atoms with van der Waals surface area (Å²) < 4.78 is 66.6. The average molecular weight is 440 g/mol. The minimum atomic E-state index is -5.91. The highest BCUT2D eigenvalue weighted by molar-refractivity contribution is 6.04. The fourth-order valence-corrected chi connectivity index (χ4v) is 2.61. The molecule has 2 aromatic heterocycles. The molecule has 0 unspecified atom stereocenters. The number of fused-ring (bicyclic) bond motifs is 1. The number of nitrogens with zero attached hydrogens (tertiary/aromatic N) is 5. The van der Waals surface area contributed by atoms with E-state index in [1.165, 1.54) is 6.92 Å². The number of non-ortho nitro benzene ring substituents is 1. The predicted molar refractivity (Wildman–Crippen MR) is 93.4 cm³/mol. The van der Waals surface area contributed by atoms with Gasteiger partial charge in [-0.15, -0.1) is 0 Å². The lowest BCUT2D eigenvalue weighted by atomic mass is 10.1. The summed E-state index contributed by atoms with van der Waals surface area (Å²) in [6, 6.07) is 6.00. The Labute approximate surface area is 168 Å². The molecular formula is C17H9F5N6O3. The van der Waals surface area contributed by atoms with Gasteiger partial charge in [0.15, 0.2) is 11.3 Å². The number of carbonyl (C=O) groups excluding carboxylic acids is 1. The van der Waals surface area contributed by atoms with Gasteiger partial charge in [-0.1, -0.05) is 0 Å². The van der Waals surface area contributed by atoms with Crippen LogP contribution in [-0.4, -0.2) is 31.6 Å². The molecule has 14 heteroatoms. The third-order valence-electron chi connectivity index (χ3n) is 4.05. The van der Waals surface area contributed by atoms with Gasteiger partial charge in [-0.2, -0.15) is 32.3 Å². The highest BCUT2D eigenvalue weighted by atomic mass is 19.4. The lowest BCUT2D eigenvalue weighted by Gasteiger charge is -2.20. The summed E-state index contributed by atoms with van der Waals surface area (Å²) >= 11 is 0. The summed E-state index contributed by atoms with van der Waals surface area (Å²) in [5, 5.41) is 25.6. The van der Waals surface area contributed by atoms with Gasteiger partial charge in [-0.25, -0.2) is 9.50 Å². The molecule has 3 rings (SSSR count). The Morgan fingerprint density at radius 3 is 2.48 bits per heavy atom. The number of halogens is 5. The van der Waals surface area contributed by atoms with E-state index in [0.717, 1.165) is 24.3 Å². The van der Waals surface area contributed by atoms with E-state index in [1.54, 1.807) is 6.07 Å². The first-order valence-electron chi connectivity index (χ1n) is 8.17. The van der Waals surface area contributed by atoms with E-state index in [4.69, 9.17) is 5.26 Å². The largest absolute Gasteiger partial charge is 0.459 e. The monoisotopic (exact) mass is 440 g/mol. The molecule has 0 saturated carbocycles. The van der Waals surface area contributed by atoms with Crippen LogP contribution in [0.1, 0.15) is 27.4 Å². The summed E-state index contributed by atoms with van der Waals surface area (Å²) in [6.45, 7) is 1.19. The van der Waals surface area contributed by atoms with Crippen LogP contribution < -0.4 is 5.32 Å². The van der Waals surface area contributed by atoms with E-state index in [9.17, 15) is 36.9 Å². The molecule has 0 aliphatic rings. The van der Waals surface area contributed by atoms with Gasteiger partial charge >= 0.3 is 12.1 Å². The average Bonchev–Trinajstić information content (AvgIpc) is 3.10. The summed E-state index contributed by atoms with van der Waals surface area (Å²) in [5.41, 5.74) is -3.55. The smallest absolute Gasteiger partial charge is 0.319 e. The van der Waals surface area contributed by atoms with Gasteiger partial charge in [0.05, 0.1) is 16.2 Å². The first-order chi connectivity index (χ1) is 14.3. The van der Waals surface area contributed by atoms with E-state index >= 15 is 0 Å². The second-order valence-electron chi connectivity index (χ2n) is 6.21. The highest BCUT2D eigenvalue weighted by Gasteiger charge is 2.60. The van der Waals surface area contributed by atoms with Crippen LogP contribution in [0.3, 0.4) is 0 Å². The lowest BCUT2D eigenvalue weighted by molar-refractivity contribution is -0.384. The highest BCUT2D eigenvalue weighted by Crippen LogP contribution is 2.43. The van der Waals surface area contributed by atoms with Crippen molar-refractivity contribution < 1.29 is 31.7 Å². The van der Waals surface area contributed by atoms with Gasteiger partial charge in [0.25, 0.3) is 11.6 Å². The number of aryl methyl sites for hydroxylation is 1. The van der Waals surface area contributed by atoms with Crippen molar-refractivity contribution in [3.63, 3.8) is 0 Å². The number of nitriles is 1. The number of aromatic nitrogens is 3. The maximum atomic E-state index is 13.9. The van der Waals surface area contributed by atoms with Crippen LogP contribution in [0.4, 0.5) is 33.3 Å². The molecule has 0 bridgehead atoms. The van der Waals surface area contributed by atoms with Crippen molar-refractivity contribution in [2.45, 2.75) is 19.0 Å². The number of anilines is 1. The number of hydrogen-bond donors (Lipinski definition) is 1. The Bertz CT molecular complexity index is 1260. The number of benzene rings is 1. The Kier molecular flexibility index (Phi) is 5.06. The maximum Gasteiger partial charge on any atom is 0.459 e. The molecule has 0 saturated heterocycles. The quantitative estimate of drug-likeness (QED) is 0.374. The summed E-state index contributed by atoms with van der Waals surface area (Å²) in [7, 11) is 0. The number of nitrogens with one attached hydrogen (secondary N) is 1. The van der Waals surface area contributed by atoms with Gasteiger partial charge in [0.2, 0.25) is 0 Å². The molecule has 1 amide bonds. The van der Waals surface area contributed by atoms with Crippen molar-refractivity contribution in [1.82, 2.24) is 14.6 Å². The fourth-order valence-electron chi connectivity index (χ4n) is 2.61. The number of amides is 1. The van der Waals surface area contributed by atoms with Crippen molar-refractivity contribution in [2.24, 2.45) is 0 Å². The van der Waals surface area contributed by atoms with E-state index in [2.05, 4.69) is 15.4 Å². The Balaban J connectivity index is 2.03. The van der Waals surface area contributed by atoms with E-state index < -0.39 is 45.7 Å². The molecule has 9 nitrogen and oxygen atoms in total. The van der Waals surface area contributed by atoms with Crippen LogP contribution >= 0.6 is 0 Å². The fraction of sp³-hybridized carbons (Fsp3) is 0.176. The molecule has 0 spiro atoms. The lowest BCUT2D eigenvalue weighted by Crippen LogP contribution is -2.36. The molecule has 0 aliphatic carbocycles. The van der Waals surface area contributed by atoms with Crippen LogP contribution in [0.5, 0.6) is 0 Å². The number of carbonyl (C=O) groups is 1. The molecule has 1 N–H and O–H groups in total. The summed E-state index contributed by atoms with van der Waals surface area (Å²) in [5.74, 6) is -6.33. The van der Waals surface area contributed by atoms with Gasteiger partial charge in [-0.05, 0) is 19.1 Å². The van der Waals surface area contributed by atoms with E-state index in [1.807, 2.05) is 0 Å². The molecule has 0 atom stereocenters. The topological polar surface area (TPSA) is 126 Å². The molecule has 160 valence electrons. The third-order valence-corrected chi connectivity index (χ3v) is 4.05. The zero-order valence-corrected chi connectivity index (χ0v) is 15.2. The Hall–Kier alpha value is -4.15. The second-order valence-corrected chi connectivity index (χ2v) is 6.21. The Morgan fingerprint density at radius 1 is 1.23 bits per heavy atom. The van der Waals surface area contributed by atoms with Gasteiger partial charge in [0, 0.05) is 23.9 Å². The van der Waals surface area contributed by atoms with Gasteiger partial charge in [0.1, 0.15) is 11.8 Å². The minimum absolute atomic E-state index is 0.153. The first-order valence-corrected chi connectivity index (χ1v) is 8.17. The van der Waals surface area contributed by atoms with Crippen molar-refractivity contribution in [3.8, 4) is 6.07 Å². The first kappa shape index (κ1) is 21.6. The second kappa shape index (κ2) is 7.27. The van der Waals surface area contributed by atoms with Crippen molar-refractivity contribution >= 4 is 22.9 Å². The molecule has 2 heterocycles. The number of nitro groups is 1. The molecule has 3 aromatic rings. The zero-order chi connectivity index (χ0) is 23.1. The van der Waals surface area contributed by atoms with Crippen molar-refractivity contribution in [2.75, 3.05) is 5.32 Å². The molecule has 0 radical (unpaired) electrons. The SMILES string of the molecule is Cc1cc(C(F)(F)C(F)(F)F)n2nc(C(=O)Nc3ccc([N+](=O)[O-])cc3C#N)cc2n1. The van der Waals surface area contributed by atoms with Crippen molar-refractivity contribution in [3.05, 3.63) is 63.1 Å². The molecule has 0 fully saturated rings. The predicted octanol–water partition coefficient (Wildman–Crippen LogP) is 3.72. The third kappa shape index (κ3) is 3.84. The maximum absolute atomic E-state index is 13.9. The Morgan fingerprint density at radius 2 is 1.90 bits per heavy atom. The molecule has 1 aromatic carbocycles. The normalized spacial score (nSPS) is 11.9. The number of nitro benzene ring substituents is 1. The minimum Gasteiger partial charge on any atom is -0.319 e. The zero-order valence-electron chi connectivity index (χ0n) is 15.2. The van der Waals surface area contributed by atoms with E-state index in [-0.39, 0.29) is 21.5 Å². The number of hydrogen-bond acceptors (Lipinski definition) is 6. The summed E-state index contributed by atoms with van der Waals surface area (Å²) in [4.78, 5) is 26.3. The molecular weight excluding hydrogens is 431 g/mol. The van der Waals surface area contributed by atoms with Crippen LogP contribution in [0.25, 0.3) is 5.65 Å². The van der Waals surface area contributed by atoms with E-state index in [0.29, 0.717) is 6.07 Å². The van der Waals surface area contributed by atoms with Crippen molar-refractivity contribution in [1.29, 1.82) is 5.26 Å². The molecule has 31 heavy (non-hydrogen) atoms. The van der Waals surface area contributed by atoms with Crippen LogP contribution in [0.15, 0.2) is 30.3 Å². The van der Waals surface area contributed by atoms with Gasteiger partial charge < -0.3 is 5.32 Å². The van der Waals surface area contributed by atoms with Crippen LogP contribution in [0, 0.1) is 28.4 Å². The number of rotatable bonds is 4. The molecule has 0 aliphatic heterocycles. The van der Waals surface area contributed by atoms with Gasteiger partial charge in [-0.3, -0.25) is 14.9 Å². The van der Waals surface area contributed by atoms with Crippen LogP contribution in [-0.2, 0) is 5.92 Å². The summed E-state index contributed by atoms with van der Waals surface area (Å²) in [6.07, 6.45) is -5.91.